The minimum atomic E-state index is 0.0851. The summed E-state index contributed by atoms with van der Waals surface area (Å²) in [5.74, 6) is 0. The maximum atomic E-state index is 11.4. The summed E-state index contributed by atoms with van der Waals surface area (Å²) < 4.78 is 0. The van der Waals surface area contributed by atoms with E-state index < -0.39 is 0 Å². The third kappa shape index (κ3) is 1.39. The second-order valence-electron chi connectivity index (χ2n) is 4.05. The largest absolute Gasteiger partial charge is 0.336 e. The zero-order valence-corrected chi connectivity index (χ0v) is 8.10. The molecule has 74 valence electrons. The van der Waals surface area contributed by atoms with Gasteiger partial charge in [-0.1, -0.05) is 0 Å². The van der Waals surface area contributed by atoms with E-state index >= 15 is 0 Å². The summed E-state index contributed by atoms with van der Waals surface area (Å²) in [7, 11) is 1.91. The predicted octanol–water partition coefficient (Wildman–Crippen LogP) is 0.154. The zero-order valence-electron chi connectivity index (χ0n) is 8.10. The van der Waals surface area contributed by atoms with Gasteiger partial charge in [0.15, 0.2) is 0 Å². The van der Waals surface area contributed by atoms with Gasteiger partial charge in [-0.25, -0.2) is 4.79 Å². The molecule has 2 aliphatic heterocycles. The van der Waals surface area contributed by atoms with Gasteiger partial charge in [-0.3, -0.25) is 0 Å². The molecular weight excluding hydrogens is 166 g/mol. The van der Waals surface area contributed by atoms with Crippen LogP contribution in [0.15, 0.2) is 0 Å². The number of hydrogen-bond donors (Lipinski definition) is 2. The first kappa shape index (κ1) is 8.81. The Morgan fingerprint density at radius 2 is 2.23 bits per heavy atom. The molecule has 0 radical (unpaired) electrons. The average molecular weight is 183 g/mol. The number of hydrogen-bond acceptors (Lipinski definition) is 2. The highest BCUT2D eigenvalue weighted by Crippen LogP contribution is 2.28. The molecule has 2 aliphatic rings. The van der Waals surface area contributed by atoms with Crippen molar-refractivity contribution in [3.05, 3.63) is 0 Å². The highest BCUT2D eigenvalue weighted by atomic mass is 16.2. The van der Waals surface area contributed by atoms with E-state index in [0.717, 1.165) is 32.5 Å². The average Bonchev–Trinajstić information content (AvgIpc) is 2.38. The molecule has 0 aromatic carbocycles. The Hall–Kier alpha value is -0.770. The van der Waals surface area contributed by atoms with Gasteiger partial charge in [-0.15, -0.1) is 0 Å². The summed E-state index contributed by atoms with van der Waals surface area (Å²) in [6.07, 6.45) is 3.36. The number of urea groups is 1. The molecule has 2 saturated heterocycles. The molecular formula is C9H17N3O. The number of amides is 2. The van der Waals surface area contributed by atoms with E-state index in [4.69, 9.17) is 0 Å². The van der Waals surface area contributed by atoms with Crippen molar-refractivity contribution in [2.75, 3.05) is 26.7 Å². The topological polar surface area (TPSA) is 44.4 Å². The van der Waals surface area contributed by atoms with Gasteiger partial charge in [-0.2, -0.15) is 0 Å². The SMILES string of the molecule is CN1C(=O)NCC12CCCNCC2. The number of carbonyl (C=O) groups is 1. The molecule has 0 aromatic rings. The van der Waals surface area contributed by atoms with Crippen LogP contribution in [-0.4, -0.2) is 43.2 Å². The molecule has 2 fully saturated rings. The van der Waals surface area contributed by atoms with Crippen molar-refractivity contribution in [1.82, 2.24) is 15.5 Å². The Bertz CT molecular complexity index is 209. The highest BCUT2D eigenvalue weighted by Gasteiger charge is 2.42. The van der Waals surface area contributed by atoms with E-state index in [2.05, 4.69) is 10.6 Å². The zero-order chi connectivity index (χ0) is 9.31. The minimum absolute atomic E-state index is 0.0851. The second-order valence-corrected chi connectivity index (χ2v) is 4.05. The summed E-state index contributed by atoms with van der Waals surface area (Å²) >= 11 is 0. The number of carbonyl (C=O) groups excluding carboxylic acids is 1. The summed E-state index contributed by atoms with van der Waals surface area (Å²) in [5, 5.41) is 6.28. The van der Waals surface area contributed by atoms with E-state index in [0.29, 0.717) is 0 Å². The molecule has 0 aromatic heterocycles. The van der Waals surface area contributed by atoms with Crippen LogP contribution in [0.5, 0.6) is 0 Å². The lowest BCUT2D eigenvalue weighted by atomic mass is 9.90. The number of likely N-dealkylation sites (N-methyl/N-ethyl adjacent to an activating group) is 1. The molecule has 1 unspecified atom stereocenters. The Kier molecular flexibility index (Phi) is 2.15. The third-order valence-electron chi connectivity index (χ3n) is 3.35. The standard InChI is InChI=1S/C9H17N3O/c1-12-8(13)11-7-9(12)3-2-5-10-6-4-9/h10H,2-7H2,1H3,(H,11,13). The van der Waals surface area contributed by atoms with Crippen LogP contribution in [-0.2, 0) is 0 Å². The van der Waals surface area contributed by atoms with Crippen molar-refractivity contribution < 1.29 is 4.79 Å². The van der Waals surface area contributed by atoms with Crippen molar-refractivity contribution in [3.8, 4) is 0 Å². The van der Waals surface area contributed by atoms with Crippen LogP contribution in [0, 0.1) is 0 Å². The number of nitrogens with one attached hydrogen (secondary N) is 2. The van der Waals surface area contributed by atoms with Crippen LogP contribution in [0.25, 0.3) is 0 Å². The smallest absolute Gasteiger partial charge is 0.317 e. The lowest BCUT2D eigenvalue weighted by Crippen LogP contribution is -2.45. The molecule has 4 nitrogen and oxygen atoms in total. The van der Waals surface area contributed by atoms with Gasteiger partial charge in [0.2, 0.25) is 0 Å². The maximum absolute atomic E-state index is 11.4. The van der Waals surface area contributed by atoms with Gasteiger partial charge in [0, 0.05) is 13.6 Å². The van der Waals surface area contributed by atoms with Crippen molar-refractivity contribution in [3.63, 3.8) is 0 Å². The Labute approximate surface area is 78.7 Å². The molecule has 2 amide bonds. The number of nitrogens with zero attached hydrogens (tertiary/aromatic N) is 1. The normalized spacial score (nSPS) is 34.8. The van der Waals surface area contributed by atoms with E-state index in [1.54, 1.807) is 0 Å². The number of rotatable bonds is 0. The van der Waals surface area contributed by atoms with E-state index in [1.165, 1.54) is 6.42 Å². The Morgan fingerprint density at radius 3 is 2.92 bits per heavy atom. The van der Waals surface area contributed by atoms with Gasteiger partial charge >= 0.3 is 6.03 Å². The van der Waals surface area contributed by atoms with E-state index in [1.807, 2.05) is 11.9 Å². The molecule has 0 saturated carbocycles. The van der Waals surface area contributed by atoms with Crippen molar-refractivity contribution >= 4 is 6.03 Å². The van der Waals surface area contributed by atoms with Crippen LogP contribution in [0.1, 0.15) is 19.3 Å². The highest BCUT2D eigenvalue weighted by molar-refractivity contribution is 5.77. The quantitative estimate of drug-likeness (QED) is 0.561. The monoisotopic (exact) mass is 183 g/mol. The summed E-state index contributed by atoms with van der Waals surface area (Å²) in [6.45, 7) is 2.94. The molecule has 0 bridgehead atoms. The lowest BCUT2D eigenvalue weighted by Gasteiger charge is -2.33. The molecule has 1 atom stereocenters. The second kappa shape index (κ2) is 3.18. The van der Waals surface area contributed by atoms with Crippen LogP contribution in [0.2, 0.25) is 0 Å². The van der Waals surface area contributed by atoms with Crippen molar-refractivity contribution in [2.45, 2.75) is 24.8 Å². The minimum Gasteiger partial charge on any atom is -0.336 e. The van der Waals surface area contributed by atoms with Crippen molar-refractivity contribution in [2.24, 2.45) is 0 Å². The van der Waals surface area contributed by atoms with Gasteiger partial charge in [0.1, 0.15) is 0 Å². The van der Waals surface area contributed by atoms with Gasteiger partial charge < -0.3 is 15.5 Å². The third-order valence-corrected chi connectivity index (χ3v) is 3.35. The fraction of sp³-hybridized carbons (Fsp3) is 0.889. The summed E-state index contributed by atoms with van der Waals surface area (Å²) in [6, 6.07) is 0.0851. The van der Waals surface area contributed by atoms with Gasteiger partial charge in [0.25, 0.3) is 0 Å². The van der Waals surface area contributed by atoms with Gasteiger partial charge in [-0.05, 0) is 32.4 Å². The fourth-order valence-electron chi connectivity index (χ4n) is 2.32. The molecule has 1 spiro atoms. The van der Waals surface area contributed by atoms with E-state index in [-0.39, 0.29) is 11.6 Å². The first-order valence-electron chi connectivity index (χ1n) is 4.97. The van der Waals surface area contributed by atoms with Crippen LogP contribution in [0.3, 0.4) is 0 Å². The van der Waals surface area contributed by atoms with Crippen LogP contribution < -0.4 is 10.6 Å². The lowest BCUT2D eigenvalue weighted by molar-refractivity contribution is 0.167. The summed E-state index contributed by atoms with van der Waals surface area (Å²) in [4.78, 5) is 13.2. The van der Waals surface area contributed by atoms with Crippen LogP contribution in [0.4, 0.5) is 4.79 Å². The Balaban J connectivity index is 2.13. The molecule has 0 aliphatic carbocycles. The molecule has 2 N–H and O–H groups in total. The fourth-order valence-corrected chi connectivity index (χ4v) is 2.32. The molecule has 2 heterocycles. The maximum Gasteiger partial charge on any atom is 0.317 e. The first-order valence-corrected chi connectivity index (χ1v) is 4.97. The molecule has 4 heteroatoms. The van der Waals surface area contributed by atoms with Crippen LogP contribution >= 0.6 is 0 Å². The first-order chi connectivity index (χ1) is 6.25. The Morgan fingerprint density at radius 1 is 1.38 bits per heavy atom. The summed E-state index contributed by atoms with van der Waals surface area (Å²) in [5.41, 5.74) is 0.0978. The molecule has 2 rings (SSSR count). The predicted molar refractivity (Wildman–Crippen MR) is 50.6 cm³/mol. The van der Waals surface area contributed by atoms with Crippen molar-refractivity contribution in [1.29, 1.82) is 0 Å². The molecule has 13 heavy (non-hydrogen) atoms. The van der Waals surface area contributed by atoms with Gasteiger partial charge in [0.05, 0.1) is 5.54 Å². The van der Waals surface area contributed by atoms with E-state index in [9.17, 15) is 4.79 Å².